The highest BCUT2D eigenvalue weighted by molar-refractivity contribution is 6.24. The molecule has 14 nitrogen and oxygen atoms in total. The van der Waals surface area contributed by atoms with Crippen molar-refractivity contribution in [2.24, 2.45) is 23.3 Å². The maximum absolute atomic E-state index is 14.1. The van der Waals surface area contributed by atoms with Crippen LogP contribution in [0.4, 0.5) is 5.69 Å². The van der Waals surface area contributed by atoms with E-state index in [1.165, 1.54) is 43.3 Å². The second-order valence-electron chi connectivity index (χ2n) is 11.9. The van der Waals surface area contributed by atoms with E-state index in [1.54, 1.807) is 19.1 Å². The molecular formula is C31H34N4O10. The minimum absolute atomic E-state index is 0.0433. The fourth-order valence-corrected chi connectivity index (χ4v) is 6.92. The van der Waals surface area contributed by atoms with E-state index in [-0.39, 0.29) is 29.0 Å². The summed E-state index contributed by atoms with van der Waals surface area (Å²) in [5.74, 6) is -10.8. The molecule has 0 spiro atoms. The van der Waals surface area contributed by atoms with Gasteiger partial charge in [-0.25, -0.2) is 0 Å². The number of nitrogens with two attached hydrogens (primary N) is 2. The first kappa shape index (κ1) is 31.7. The molecule has 0 saturated heterocycles. The summed E-state index contributed by atoms with van der Waals surface area (Å²) in [6.07, 6.45) is -1.63. The van der Waals surface area contributed by atoms with Gasteiger partial charge >= 0.3 is 0 Å². The zero-order valence-corrected chi connectivity index (χ0v) is 24.6. The zero-order chi connectivity index (χ0) is 33.3. The number of nitrogens with one attached hydrogen (secondary N) is 1. The minimum atomic E-state index is -3.04. The molecule has 3 aliphatic rings. The number of fused-ring (bicyclic) bond motifs is 3. The third kappa shape index (κ3) is 4.64. The van der Waals surface area contributed by atoms with Crippen molar-refractivity contribution in [3.8, 4) is 11.5 Å². The van der Waals surface area contributed by atoms with E-state index in [0.717, 1.165) is 0 Å². The molecular weight excluding hydrogens is 588 g/mol. The smallest absolute Gasteiger partial charge is 0.255 e. The first-order valence-electron chi connectivity index (χ1n) is 14.1. The molecule has 5 unspecified atom stereocenters. The maximum atomic E-state index is 14.1. The Morgan fingerprint density at radius 1 is 1.04 bits per heavy atom. The number of aromatic hydroxyl groups is 2. The quantitative estimate of drug-likeness (QED) is 0.149. The number of hydrogen-bond donors (Lipinski definition) is 9. The number of phenols is 2. The summed E-state index contributed by atoms with van der Waals surface area (Å²) in [5, 5.41) is 69.1. The Balaban J connectivity index is 1.58. The minimum Gasteiger partial charge on any atom is -0.508 e. The number of amides is 2. The van der Waals surface area contributed by atoms with Gasteiger partial charge in [0.25, 0.3) is 5.91 Å². The molecule has 0 heterocycles. The number of benzene rings is 2. The van der Waals surface area contributed by atoms with Crippen molar-refractivity contribution in [1.29, 1.82) is 0 Å². The molecule has 0 radical (unpaired) electrons. The fourth-order valence-electron chi connectivity index (χ4n) is 6.92. The van der Waals surface area contributed by atoms with E-state index < -0.39 is 93.3 Å². The Kier molecular flexibility index (Phi) is 7.74. The zero-order valence-electron chi connectivity index (χ0n) is 24.6. The van der Waals surface area contributed by atoms with Crippen LogP contribution in [0, 0.1) is 11.8 Å². The molecule has 2 aromatic rings. The van der Waals surface area contributed by atoms with Gasteiger partial charge in [-0.15, -0.1) is 0 Å². The summed E-state index contributed by atoms with van der Waals surface area (Å²) in [6.45, 7) is 1.60. The Labute approximate surface area is 256 Å². The summed E-state index contributed by atoms with van der Waals surface area (Å²) >= 11 is 0. The summed E-state index contributed by atoms with van der Waals surface area (Å²) in [6, 6.07) is 6.38. The van der Waals surface area contributed by atoms with Crippen LogP contribution in [-0.2, 0) is 25.6 Å². The number of nitrogens with zero attached hydrogens (tertiary/aromatic N) is 1. The number of rotatable bonds is 6. The predicted molar refractivity (Wildman–Crippen MR) is 159 cm³/mol. The lowest BCUT2D eigenvalue weighted by Crippen LogP contribution is -2.70. The molecule has 45 heavy (non-hydrogen) atoms. The van der Waals surface area contributed by atoms with E-state index >= 15 is 0 Å². The highest BCUT2D eigenvalue weighted by Gasteiger charge is 2.68. The van der Waals surface area contributed by atoms with Crippen LogP contribution in [0.2, 0.25) is 0 Å². The van der Waals surface area contributed by atoms with Crippen LogP contribution in [0.15, 0.2) is 53.3 Å². The standard InChI is InChI=1S/C31H34N4O10/c1-11-14-8-9-16(34-30(44)15(32)10-12-4-6-13(36)7-5-12)23(37)18(14)24(38)19-17(11)25(39)21-22(35(2)3)26(40)20(29(33)43)28(42)31(21,45)27(19)41/h4-9,11,15,17,21-22,25,36-39,42,45H,10,32H2,1-3H3,(H2,33,43)(H,34,44)/t11?,15-,17?,21?,22-,25?,31?/m0/s1. The summed E-state index contributed by atoms with van der Waals surface area (Å²) in [4.78, 5) is 53.7. The highest BCUT2D eigenvalue weighted by atomic mass is 16.4. The van der Waals surface area contributed by atoms with Crippen molar-refractivity contribution in [2.45, 2.75) is 43.1 Å². The van der Waals surface area contributed by atoms with Crippen molar-refractivity contribution < 1.29 is 49.8 Å². The number of aliphatic hydroxyl groups is 4. The molecule has 0 aromatic heterocycles. The van der Waals surface area contributed by atoms with Gasteiger partial charge in [-0.2, -0.15) is 0 Å². The molecule has 2 amide bonds. The van der Waals surface area contributed by atoms with Crippen LogP contribution in [0.25, 0.3) is 5.76 Å². The SMILES string of the molecule is CC1c2ccc(NC(=O)[C@@H](N)Cc3ccc(O)cc3)c(O)c2C(O)=C2C(=O)C3(O)C(O)=C(C(N)=O)C(=O)[C@@H](N(C)C)C3C(O)C21. The number of carbonyl (C=O) groups excluding carboxylic acids is 4. The average Bonchev–Trinajstić information content (AvgIpc) is 2.96. The lowest BCUT2D eigenvalue weighted by molar-refractivity contribution is -0.169. The largest absolute Gasteiger partial charge is 0.508 e. The molecule has 11 N–H and O–H groups in total. The van der Waals surface area contributed by atoms with Gasteiger partial charge < -0.3 is 47.4 Å². The van der Waals surface area contributed by atoms with E-state index in [2.05, 4.69) is 5.32 Å². The Bertz CT molecular complexity index is 1700. The molecule has 3 aliphatic carbocycles. The molecule has 14 heteroatoms. The summed E-state index contributed by atoms with van der Waals surface area (Å²) in [5.41, 5.74) is 7.31. The topological polar surface area (TPSA) is 257 Å². The van der Waals surface area contributed by atoms with Gasteiger partial charge in [0, 0.05) is 11.5 Å². The van der Waals surface area contributed by atoms with Gasteiger partial charge in [-0.05, 0) is 55.8 Å². The second-order valence-corrected chi connectivity index (χ2v) is 11.9. The number of ketones is 2. The Hall–Kier alpha value is -4.76. The highest BCUT2D eigenvalue weighted by Crippen LogP contribution is 2.56. The number of likely N-dealkylation sites (N-methyl/N-ethyl adjacent to an activating group) is 1. The molecule has 0 aliphatic heterocycles. The lowest BCUT2D eigenvalue weighted by Gasteiger charge is -2.53. The molecule has 0 bridgehead atoms. The molecule has 2 aromatic carbocycles. The van der Waals surface area contributed by atoms with Gasteiger partial charge in [0.05, 0.1) is 35.4 Å². The van der Waals surface area contributed by atoms with Gasteiger partial charge in [0.15, 0.2) is 11.4 Å². The Morgan fingerprint density at radius 2 is 1.67 bits per heavy atom. The normalized spacial score (nSPS) is 28.4. The van der Waals surface area contributed by atoms with Crippen LogP contribution in [0.5, 0.6) is 11.5 Å². The van der Waals surface area contributed by atoms with E-state index in [4.69, 9.17) is 11.5 Å². The number of hydrogen-bond acceptors (Lipinski definition) is 12. The van der Waals surface area contributed by atoms with Gasteiger partial charge in [-0.3, -0.25) is 24.1 Å². The van der Waals surface area contributed by atoms with E-state index in [1.807, 2.05) is 0 Å². The predicted octanol–water partition coefficient (Wildman–Crippen LogP) is -0.290. The number of primary amides is 1. The van der Waals surface area contributed by atoms with Crippen molar-refractivity contribution in [3.05, 3.63) is 70.0 Å². The molecule has 1 saturated carbocycles. The van der Waals surface area contributed by atoms with Gasteiger partial charge in [0.2, 0.25) is 11.7 Å². The average molecular weight is 623 g/mol. The lowest BCUT2D eigenvalue weighted by atomic mass is 9.54. The first-order chi connectivity index (χ1) is 21.0. The molecule has 5 rings (SSSR count). The van der Waals surface area contributed by atoms with Crippen molar-refractivity contribution >= 4 is 34.8 Å². The number of Topliss-reactive ketones (excluding diaryl/α,β-unsaturated/α-hetero) is 2. The molecule has 238 valence electrons. The van der Waals surface area contributed by atoms with Crippen LogP contribution in [-0.4, -0.2) is 96.8 Å². The number of phenolic OH excluding ortho intramolecular Hbond substituents is 2. The Morgan fingerprint density at radius 3 is 2.24 bits per heavy atom. The van der Waals surface area contributed by atoms with Crippen molar-refractivity contribution in [1.82, 2.24) is 4.90 Å². The van der Waals surface area contributed by atoms with E-state index in [9.17, 15) is 49.8 Å². The fraction of sp³-hybridized carbons (Fsp3) is 0.355. The third-order valence-corrected chi connectivity index (χ3v) is 9.12. The van der Waals surface area contributed by atoms with Crippen LogP contribution < -0.4 is 16.8 Å². The van der Waals surface area contributed by atoms with Gasteiger partial charge in [0.1, 0.15) is 28.6 Å². The van der Waals surface area contributed by atoms with Gasteiger partial charge in [-0.1, -0.05) is 25.1 Å². The molecule has 7 atom stereocenters. The number of anilines is 1. The number of aliphatic hydroxyl groups excluding tert-OH is 3. The summed E-state index contributed by atoms with van der Waals surface area (Å²) in [7, 11) is 2.85. The van der Waals surface area contributed by atoms with Crippen LogP contribution in [0.3, 0.4) is 0 Å². The molecule has 1 fully saturated rings. The van der Waals surface area contributed by atoms with E-state index in [0.29, 0.717) is 5.56 Å². The van der Waals surface area contributed by atoms with Crippen LogP contribution in [0.1, 0.15) is 29.5 Å². The second kappa shape index (κ2) is 11.0. The maximum Gasteiger partial charge on any atom is 0.255 e. The van der Waals surface area contributed by atoms with Crippen molar-refractivity contribution in [2.75, 3.05) is 19.4 Å². The van der Waals surface area contributed by atoms with Crippen LogP contribution >= 0.6 is 0 Å². The first-order valence-corrected chi connectivity index (χ1v) is 14.1. The van der Waals surface area contributed by atoms with Crippen molar-refractivity contribution in [3.63, 3.8) is 0 Å². The summed E-state index contributed by atoms with van der Waals surface area (Å²) < 4.78 is 0. The number of carbonyl (C=O) groups is 4. The third-order valence-electron chi connectivity index (χ3n) is 9.12. The monoisotopic (exact) mass is 622 g/mol.